The fourth-order valence-electron chi connectivity index (χ4n) is 2.23. The first kappa shape index (κ1) is 12.6. The molecule has 0 bridgehead atoms. The minimum Gasteiger partial charge on any atom is -0.478 e. The highest BCUT2D eigenvalue weighted by atomic mass is 35.5. The first-order chi connectivity index (χ1) is 9.66. The van der Waals surface area contributed by atoms with E-state index in [2.05, 4.69) is 4.98 Å². The minimum atomic E-state index is -0.938. The molecule has 4 heteroatoms. The lowest BCUT2D eigenvalue weighted by Gasteiger charge is -2.08. The van der Waals surface area contributed by atoms with Crippen LogP contribution in [0.15, 0.2) is 54.9 Å². The molecule has 0 aliphatic heterocycles. The maximum absolute atomic E-state index is 11.1. The number of rotatable bonds is 2. The lowest BCUT2D eigenvalue weighted by atomic mass is 9.98. The van der Waals surface area contributed by atoms with Crippen molar-refractivity contribution in [3.63, 3.8) is 0 Å². The number of hydrogen-bond acceptors (Lipinski definition) is 2. The zero-order chi connectivity index (χ0) is 14.1. The van der Waals surface area contributed by atoms with Crippen molar-refractivity contribution in [3.05, 3.63) is 65.4 Å². The number of pyridine rings is 1. The monoisotopic (exact) mass is 283 g/mol. The van der Waals surface area contributed by atoms with Crippen LogP contribution in [0.3, 0.4) is 0 Å². The molecule has 3 nitrogen and oxygen atoms in total. The highest BCUT2D eigenvalue weighted by Crippen LogP contribution is 2.32. The van der Waals surface area contributed by atoms with E-state index in [1.807, 2.05) is 18.2 Å². The fraction of sp³-hybridized carbons (Fsp3) is 0. The van der Waals surface area contributed by atoms with Gasteiger partial charge in [-0.3, -0.25) is 4.98 Å². The van der Waals surface area contributed by atoms with Crippen LogP contribution in [0, 0.1) is 0 Å². The topological polar surface area (TPSA) is 50.2 Å². The van der Waals surface area contributed by atoms with Crippen LogP contribution >= 0.6 is 11.6 Å². The second kappa shape index (κ2) is 4.94. The minimum absolute atomic E-state index is 0.264. The number of carbonyl (C=O) groups is 1. The maximum Gasteiger partial charge on any atom is 0.335 e. The Morgan fingerprint density at radius 2 is 1.95 bits per heavy atom. The molecule has 0 saturated carbocycles. The van der Waals surface area contributed by atoms with Crippen LogP contribution in [-0.2, 0) is 0 Å². The number of carboxylic acid groups (broad SMARTS) is 1. The highest BCUT2D eigenvalue weighted by Gasteiger charge is 2.09. The molecule has 0 aliphatic rings. The third kappa shape index (κ3) is 2.12. The molecule has 0 spiro atoms. The van der Waals surface area contributed by atoms with Crippen molar-refractivity contribution < 1.29 is 9.90 Å². The molecule has 0 radical (unpaired) electrons. The van der Waals surface area contributed by atoms with Crippen LogP contribution in [0.5, 0.6) is 0 Å². The molecule has 0 fully saturated rings. The van der Waals surface area contributed by atoms with Crippen molar-refractivity contribution >= 4 is 28.3 Å². The van der Waals surface area contributed by atoms with Crippen LogP contribution in [0.2, 0.25) is 5.02 Å². The maximum atomic E-state index is 11.1. The molecule has 0 amide bonds. The van der Waals surface area contributed by atoms with Crippen molar-refractivity contribution in [1.29, 1.82) is 0 Å². The summed E-state index contributed by atoms with van der Waals surface area (Å²) in [6, 6.07) is 12.4. The molecule has 0 unspecified atom stereocenters. The number of halogens is 1. The molecule has 0 saturated heterocycles. The summed E-state index contributed by atoms with van der Waals surface area (Å²) in [5.41, 5.74) is 2.05. The van der Waals surface area contributed by atoms with Crippen molar-refractivity contribution in [2.45, 2.75) is 0 Å². The van der Waals surface area contributed by atoms with Gasteiger partial charge in [-0.1, -0.05) is 29.8 Å². The molecule has 20 heavy (non-hydrogen) atoms. The quantitative estimate of drug-likeness (QED) is 0.765. The Morgan fingerprint density at radius 1 is 1.10 bits per heavy atom. The smallest absolute Gasteiger partial charge is 0.335 e. The fourth-order valence-corrected chi connectivity index (χ4v) is 2.44. The summed E-state index contributed by atoms with van der Waals surface area (Å²) in [5.74, 6) is -0.938. The van der Waals surface area contributed by atoms with Gasteiger partial charge in [0.25, 0.3) is 0 Å². The molecular weight excluding hydrogens is 274 g/mol. The average molecular weight is 284 g/mol. The summed E-state index contributed by atoms with van der Waals surface area (Å²) in [5, 5.41) is 11.5. The number of benzene rings is 2. The molecule has 1 heterocycles. The molecule has 1 N–H and O–H groups in total. The van der Waals surface area contributed by atoms with Gasteiger partial charge >= 0.3 is 5.97 Å². The second-order valence-corrected chi connectivity index (χ2v) is 4.81. The Balaban J connectivity index is 2.27. The van der Waals surface area contributed by atoms with Gasteiger partial charge in [-0.2, -0.15) is 0 Å². The van der Waals surface area contributed by atoms with E-state index >= 15 is 0 Å². The zero-order valence-corrected chi connectivity index (χ0v) is 11.1. The molecule has 1 aromatic heterocycles. The van der Waals surface area contributed by atoms with Crippen molar-refractivity contribution in [2.24, 2.45) is 0 Å². The van der Waals surface area contributed by atoms with E-state index in [0.29, 0.717) is 5.02 Å². The Hall–Kier alpha value is -2.39. The Kier molecular flexibility index (Phi) is 3.12. The van der Waals surface area contributed by atoms with Gasteiger partial charge < -0.3 is 5.11 Å². The molecular formula is C16H10ClNO2. The van der Waals surface area contributed by atoms with Crippen LogP contribution < -0.4 is 0 Å². The summed E-state index contributed by atoms with van der Waals surface area (Å²) < 4.78 is 0. The zero-order valence-electron chi connectivity index (χ0n) is 10.4. The van der Waals surface area contributed by atoms with Gasteiger partial charge in [0.15, 0.2) is 0 Å². The Morgan fingerprint density at radius 3 is 2.75 bits per heavy atom. The van der Waals surface area contributed by atoms with Crippen LogP contribution in [0.25, 0.3) is 21.9 Å². The Bertz CT molecular complexity index is 814. The molecule has 3 rings (SSSR count). The second-order valence-electron chi connectivity index (χ2n) is 4.40. The van der Waals surface area contributed by atoms with Crippen LogP contribution in [0.4, 0.5) is 0 Å². The molecule has 0 aliphatic carbocycles. The number of nitrogens with zero attached hydrogens (tertiary/aromatic N) is 1. The first-order valence-corrected chi connectivity index (χ1v) is 6.40. The normalized spacial score (nSPS) is 10.7. The number of aromatic nitrogens is 1. The summed E-state index contributed by atoms with van der Waals surface area (Å²) in [4.78, 5) is 15.1. The van der Waals surface area contributed by atoms with Crippen molar-refractivity contribution in [2.75, 3.05) is 0 Å². The van der Waals surface area contributed by atoms with E-state index in [1.54, 1.807) is 36.7 Å². The van der Waals surface area contributed by atoms with E-state index in [0.717, 1.165) is 21.9 Å². The van der Waals surface area contributed by atoms with Gasteiger partial charge in [-0.05, 0) is 40.8 Å². The van der Waals surface area contributed by atoms with Crippen LogP contribution in [0.1, 0.15) is 10.4 Å². The largest absolute Gasteiger partial charge is 0.478 e. The lowest BCUT2D eigenvalue weighted by molar-refractivity contribution is 0.0697. The van der Waals surface area contributed by atoms with E-state index in [-0.39, 0.29) is 5.56 Å². The predicted octanol–water partition coefficient (Wildman–Crippen LogP) is 4.25. The van der Waals surface area contributed by atoms with Gasteiger partial charge in [-0.25, -0.2) is 4.79 Å². The number of aromatic carboxylic acids is 1. The third-order valence-electron chi connectivity index (χ3n) is 3.19. The van der Waals surface area contributed by atoms with Crippen LogP contribution in [-0.4, -0.2) is 16.1 Å². The summed E-state index contributed by atoms with van der Waals surface area (Å²) in [6.45, 7) is 0. The molecule has 3 aromatic rings. The standard InChI is InChI=1S/C16H10ClNO2/c17-15-5-4-12(13-6-7-18-9-14(13)15)10-2-1-3-11(8-10)16(19)20/h1-9H,(H,19,20). The molecule has 98 valence electrons. The van der Waals surface area contributed by atoms with Crippen molar-refractivity contribution in [3.8, 4) is 11.1 Å². The third-order valence-corrected chi connectivity index (χ3v) is 3.51. The van der Waals surface area contributed by atoms with E-state index in [9.17, 15) is 4.79 Å². The van der Waals surface area contributed by atoms with Gasteiger partial charge in [0.05, 0.1) is 5.56 Å². The average Bonchev–Trinajstić information content (AvgIpc) is 2.48. The Labute approximate surface area is 120 Å². The molecule has 0 atom stereocenters. The number of fused-ring (bicyclic) bond motifs is 1. The van der Waals surface area contributed by atoms with Crippen molar-refractivity contribution in [1.82, 2.24) is 4.98 Å². The summed E-state index contributed by atoms with van der Waals surface area (Å²) in [7, 11) is 0. The summed E-state index contributed by atoms with van der Waals surface area (Å²) in [6.07, 6.45) is 3.41. The number of hydrogen-bond donors (Lipinski definition) is 1. The van der Waals surface area contributed by atoms with E-state index in [4.69, 9.17) is 16.7 Å². The van der Waals surface area contributed by atoms with E-state index in [1.165, 1.54) is 0 Å². The number of carboxylic acids is 1. The van der Waals surface area contributed by atoms with E-state index < -0.39 is 5.97 Å². The van der Waals surface area contributed by atoms with Gasteiger partial charge in [-0.15, -0.1) is 0 Å². The lowest BCUT2D eigenvalue weighted by Crippen LogP contribution is -1.95. The molecule has 2 aromatic carbocycles. The highest BCUT2D eigenvalue weighted by molar-refractivity contribution is 6.36. The SMILES string of the molecule is O=C(O)c1cccc(-c2ccc(Cl)c3cnccc23)c1. The summed E-state index contributed by atoms with van der Waals surface area (Å²) >= 11 is 6.16. The van der Waals surface area contributed by atoms with Gasteiger partial charge in [0.1, 0.15) is 0 Å². The van der Waals surface area contributed by atoms with Gasteiger partial charge in [0.2, 0.25) is 0 Å². The van der Waals surface area contributed by atoms with Gasteiger partial charge in [0, 0.05) is 22.8 Å². The predicted molar refractivity (Wildman–Crippen MR) is 79.1 cm³/mol. The first-order valence-electron chi connectivity index (χ1n) is 6.03.